The Morgan fingerprint density at radius 2 is 2.04 bits per heavy atom. The number of H-pyrrole nitrogens is 1. The highest BCUT2D eigenvalue weighted by Crippen LogP contribution is 2.20. The van der Waals surface area contributed by atoms with Crippen molar-refractivity contribution < 1.29 is 9.53 Å². The molecule has 4 aromatic rings. The smallest absolute Gasteiger partial charge is 0.276 e. The Bertz CT molecular complexity index is 1100. The van der Waals surface area contributed by atoms with E-state index < -0.39 is 0 Å². The zero-order valence-corrected chi connectivity index (χ0v) is 15.1. The number of aromatic amines is 1. The van der Waals surface area contributed by atoms with Crippen LogP contribution in [-0.4, -0.2) is 25.7 Å². The molecule has 0 radical (unpaired) electrons. The highest BCUT2D eigenvalue weighted by atomic mass is 16.5. The lowest BCUT2D eigenvalue weighted by molar-refractivity contribution is 0.102. The van der Waals surface area contributed by atoms with Gasteiger partial charge in [0, 0.05) is 30.5 Å². The highest BCUT2D eigenvalue weighted by Gasteiger charge is 2.14. The summed E-state index contributed by atoms with van der Waals surface area (Å²) in [6, 6.07) is 13.1. The third-order valence-corrected chi connectivity index (χ3v) is 4.33. The summed E-state index contributed by atoms with van der Waals surface area (Å²) in [5.74, 6) is 1.29. The minimum atomic E-state index is -0.256. The molecule has 1 amide bonds. The molecule has 0 saturated carbocycles. The van der Waals surface area contributed by atoms with Gasteiger partial charge in [-0.05, 0) is 43.3 Å². The summed E-state index contributed by atoms with van der Waals surface area (Å²) in [4.78, 5) is 16.8. The van der Waals surface area contributed by atoms with Crippen LogP contribution in [0.1, 0.15) is 21.9 Å². The van der Waals surface area contributed by atoms with Crippen molar-refractivity contribution in [2.45, 2.75) is 13.5 Å². The van der Waals surface area contributed by atoms with Crippen LogP contribution in [0, 0.1) is 6.92 Å². The van der Waals surface area contributed by atoms with E-state index in [9.17, 15) is 4.79 Å². The number of aryl methyl sites for hydroxylation is 2. The van der Waals surface area contributed by atoms with Crippen LogP contribution in [-0.2, 0) is 13.7 Å². The Hall–Kier alpha value is -3.61. The Kier molecular flexibility index (Phi) is 4.33. The number of rotatable bonds is 5. The third-order valence-electron chi connectivity index (χ3n) is 4.33. The Morgan fingerprint density at radius 1 is 1.22 bits per heavy atom. The van der Waals surface area contributed by atoms with Gasteiger partial charge in [-0.1, -0.05) is 11.6 Å². The van der Waals surface area contributed by atoms with E-state index in [-0.39, 0.29) is 5.91 Å². The number of aromatic nitrogens is 4. The van der Waals surface area contributed by atoms with Gasteiger partial charge >= 0.3 is 0 Å². The van der Waals surface area contributed by atoms with Crippen molar-refractivity contribution >= 4 is 22.5 Å². The van der Waals surface area contributed by atoms with Crippen molar-refractivity contribution in [3.63, 3.8) is 0 Å². The van der Waals surface area contributed by atoms with E-state index in [0.717, 1.165) is 22.3 Å². The Labute approximate surface area is 156 Å². The summed E-state index contributed by atoms with van der Waals surface area (Å²) in [5, 5.41) is 10.7. The van der Waals surface area contributed by atoms with Gasteiger partial charge in [0.05, 0.1) is 5.52 Å². The molecule has 2 N–H and O–H groups in total. The predicted octanol–water partition coefficient (Wildman–Crippen LogP) is 3.44. The minimum Gasteiger partial charge on any atom is -0.486 e. The van der Waals surface area contributed by atoms with Crippen LogP contribution in [0.25, 0.3) is 10.9 Å². The maximum atomic E-state index is 12.6. The number of nitrogens with one attached hydrogen (secondary N) is 2. The molecule has 7 heteroatoms. The lowest BCUT2D eigenvalue weighted by Gasteiger charge is -2.08. The van der Waals surface area contributed by atoms with Crippen LogP contribution in [0.3, 0.4) is 0 Å². The first-order valence-electron chi connectivity index (χ1n) is 8.55. The molecule has 0 spiro atoms. The van der Waals surface area contributed by atoms with E-state index in [2.05, 4.69) is 20.5 Å². The fourth-order valence-electron chi connectivity index (χ4n) is 2.81. The van der Waals surface area contributed by atoms with Crippen molar-refractivity contribution in [1.29, 1.82) is 0 Å². The van der Waals surface area contributed by atoms with E-state index >= 15 is 0 Å². The van der Waals surface area contributed by atoms with E-state index in [4.69, 9.17) is 4.74 Å². The molecule has 136 valence electrons. The van der Waals surface area contributed by atoms with Crippen LogP contribution >= 0.6 is 0 Å². The number of anilines is 1. The summed E-state index contributed by atoms with van der Waals surface area (Å²) in [6.07, 6.45) is 3.61. The number of carbonyl (C=O) groups is 1. The molecule has 27 heavy (non-hydrogen) atoms. The second kappa shape index (κ2) is 6.95. The summed E-state index contributed by atoms with van der Waals surface area (Å²) < 4.78 is 7.63. The molecule has 0 saturated heterocycles. The Morgan fingerprint density at radius 3 is 2.78 bits per heavy atom. The zero-order valence-electron chi connectivity index (χ0n) is 15.1. The normalized spacial score (nSPS) is 10.9. The maximum absolute atomic E-state index is 12.6. The molecule has 0 atom stereocenters. The molecular weight excluding hydrogens is 342 g/mol. The molecule has 2 heterocycles. The summed E-state index contributed by atoms with van der Waals surface area (Å²) >= 11 is 0. The highest BCUT2D eigenvalue weighted by molar-refractivity contribution is 6.11. The molecule has 2 aromatic carbocycles. The number of fused-ring (bicyclic) bond motifs is 1. The molecular formula is C20H19N5O2. The van der Waals surface area contributed by atoms with E-state index in [1.807, 2.05) is 55.1 Å². The van der Waals surface area contributed by atoms with Gasteiger partial charge in [0.2, 0.25) is 0 Å². The van der Waals surface area contributed by atoms with Gasteiger partial charge in [0.25, 0.3) is 5.91 Å². The van der Waals surface area contributed by atoms with Gasteiger partial charge in [-0.25, -0.2) is 4.98 Å². The zero-order chi connectivity index (χ0) is 18.8. The predicted molar refractivity (Wildman–Crippen MR) is 103 cm³/mol. The SMILES string of the molecule is Cc1ccc2[nH]nc(C(=O)Nc3ccc(OCc4nccn4C)cc3)c2c1. The first-order valence-corrected chi connectivity index (χ1v) is 8.55. The molecule has 0 aliphatic rings. The second-order valence-corrected chi connectivity index (χ2v) is 6.34. The standard InChI is InChI=1S/C20H19N5O2/c1-13-3-8-17-16(11-13)19(24-23-17)20(26)22-14-4-6-15(7-5-14)27-12-18-21-9-10-25(18)2/h3-11H,12H2,1-2H3,(H,22,26)(H,23,24). The van der Waals surface area contributed by atoms with Crippen LogP contribution in [0.5, 0.6) is 5.75 Å². The quantitative estimate of drug-likeness (QED) is 0.570. The van der Waals surface area contributed by atoms with Gasteiger partial charge in [-0.15, -0.1) is 0 Å². The van der Waals surface area contributed by atoms with Crippen molar-refractivity contribution in [1.82, 2.24) is 19.7 Å². The number of hydrogen-bond donors (Lipinski definition) is 2. The lowest BCUT2D eigenvalue weighted by atomic mass is 10.1. The molecule has 4 rings (SSSR count). The average molecular weight is 361 g/mol. The Balaban J connectivity index is 1.44. The van der Waals surface area contributed by atoms with Crippen molar-refractivity contribution in [2.75, 3.05) is 5.32 Å². The first kappa shape index (κ1) is 16.8. The number of ether oxygens (including phenoxy) is 1. The van der Waals surface area contributed by atoms with E-state index in [0.29, 0.717) is 23.7 Å². The molecule has 2 aromatic heterocycles. The van der Waals surface area contributed by atoms with Crippen molar-refractivity contribution in [3.05, 3.63) is 71.9 Å². The molecule has 0 fully saturated rings. The third kappa shape index (κ3) is 3.52. The fraction of sp³-hybridized carbons (Fsp3) is 0.150. The van der Waals surface area contributed by atoms with Crippen LogP contribution in [0.4, 0.5) is 5.69 Å². The topological polar surface area (TPSA) is 84.8 Å². The van der Waals surface area contributed by atoms with Crippen molar-refractivity contribution in [2.24, 2.45) is 7.05 Å². The fourth-order valence-corrected chi connectivity index (χ4v) is 2.81. The lowest BCUT2D eigenvalue weighted by Crippen LogP contribution is -2.12. The molecule has 7 nitrogen and oxygen atoms in total. The van der Waals surface area contributed by atoms with Crippen LogP contribution in [0.15, 0.2) is 54.9 Å². The summed E-state index contributed by atoms with van der Waals surface area (Å²) in [7, 11) is 1.92. The van der Waals surface area contributed by atoms with Gasteiger partial charge < -0.3 is 14.6 Å². The van der Waals surface area contributed by atoms with Crippen LogP contribution in [0.2, 0.25) is 0 Å². The number of nitrogens with zero attached hydrogens (tertiary/aromatic N) is 3. The molecule has 0 unspecified atom stereocenters. The summed E-state index contributed by atoms with van der Waals surface area (Å²) in [6.45, 7) is 2.37. The van der Waals surface area contributed by atoms with Gasteiger partial charge in [0.1, 0.15) is 18.2 Å². The second-order valence-electron chi connectivity index (χ2n) is 6.34. The van der Waals surface area contributed by atoms with Gasteiger partial charge in [0.15, 0.2) is 5.69 Å². The number of imidazole rings is 1. The minimum absolute atomic E-state index is 0.256. The number of hydrogen-bond acceptors (Lipinski definition) is 4. The van der Waals surface area contributed by atoms with Gasteiger partial charge in [-0.3, -0.25) is 9.89 Å². The maximum Gasteiger partial charge on any atom is 0.276 e. The van der Waals surface area contributed by atoms with Crippen LogP contribution < -0.4 is 10.1 Å². The van der Waals surface area contributed by atoms with E-state index in [1.165, 1.54) is 0 Å². The molecule has 0 bridgehead atoms. The number of carbonyl (C=O) groups excluding carboxylic acids is 1. The largest absolute Gasteiger partial charge is 0.486 e. The molecule has 0 aliphatic carbocycles. The van der Waals surface area contributed by atoms with Crippen molar-refractivity contribution in [3.8, 4) is 5.75 Å². The van der Waals surface area contributed by atoms with E-state index in [1.54, 1.807) is 18.3 Å². The van der Waals surface area contributed by atoms with Gasteiger partial charge in [-0.2, -0.15) is 5.10 Å². The average Bonchev–Trinajstić information content (AvgIpc) is 3.26. The summed E-state index contributed by atoms with van der Waals surface area (Å²) in [5.41, 5.74) is 2.97. The number of benzene rings is 2. The number of amides is 1. The monoisotopic (exact) mass is 361 g/mol. The molecule has 0 aliphatic heterocycles. The first-order chi connectivity index (χ1) is 13.1.